The molecule has 0 atom stereocenters. The molecule has 1 aromatic rings. The van der Waals surface area contributed by atoms with Crippen molar-refractivity contribution in [1.82, 2.24) is 10.2 Å². The largest absolute Gasteiger partial charge is 0.372 e. The van der Waals surface area contributed by atoms with Crippen LogP contribution in [0.5, 0.6) is 0 Å². The Morgan fingerprint density at radius 3 is 2.78 bits per heavy atom. The van der Waals surface area contributed by atoms with Crippen molar-refractivity contribution in [3.05, 3.63) is 34.9 Å². The minimum atomic E-state index is -0.664. The summed E-state index contributed by atoms with van der Waals surface area (Å²) in [4.78, 5) is 31.3. The Hall–Kier alpha value is -2.21. The lowest BCUT2D eigenvalue weighted by Crippen LogP contribution is -2.50. The van der Waals surface area contributed by atoms with E-state index in [1.165, 1.54) is 0 Å². The van der Waals surface area contributed by atoms with E-state index in [4.69, 9.17) is 4.74 Å². The van der Waals surface area contributed by atoms with Crippen LogP contribution >= 0.6 is 0 Å². The van der Waals surface area contributed by atoms with E-state index in [0.717, 1.165) is 16.7 Å². The van der Waals surface area contributed by atoms with Gasteiger partial charge in [0.1, 0.15) is 11.4 Å². The van der Waals surface area contributed by atoms with Gasteiger partial charge in [-0.05, 0) is 37.0 Å². The second-order valence-electron chi connectivity index (χ2n) is 6.41. The van der Waals surface area contributed by atoms with Crippen LogP contribution in [0.25, 0.3) is 0 Å². The SMILES string of the molecule is CC1=NC2(CCN(C(=O)c3cccc4c3COC4)CC2)C(=O)N1. The molecule has 1 aromatic carbocycles. The summed E-state index contributed by atoms with van der Waals surface area (Å²) in [5.41, 5.74) is 2.17. The fourth-order valence-electron chi connectivity index (χ4n) is 3.67. The molecule has 6 heteroatoms. The van der Waals surface area contributed by atoms with Gasteiger partial charge in [-0.2, -0.15) is 0 Å². The molecule has 6 nitrogen and oxygen atoms in total. The average molecular weight is 313 g/mol. The number of hydrogen-bond acceptors (Lipinski definition) is 4. The van der Waals surface area contributed by atoms with Crippen molar-refractivity contribution in [3.8, 4) is 0 Å². The molecule has 0 saturated carbocycles. The molecule has 1 saturated heterocycles. The normalized spacial score (nSPS) is 22.0. The Balaban J connectivity index is 1.52. The number of carbonyl (C=O) groups is 2. The molecular formula is C17H19N3O3. The van der Waals surface area contributed by atoms with Crippen LogP contribution in [0.2, 0.25) is 0 Å². The molecule has 0 aromatic heterocycles. The molecule has 1 N–H and O–H groups in total. The number of amides is 2. The molecule has 23 heavy (non-hydrogen) atoms. The summed E-state index contributed by atoms with van der Waals surface area (Å²) in [6.07, 6.45) is 1.15. The third-order valence-electron chi connectivity index (χ3n) is 4.98. The summed E-state index contributed by atoms with van der Waals surface area (Å²) in [7, 11) is 0. The van der Waals surface area contributed by atoms with Gasteiger partial charge >= 0.3 is 0 Å². The van der Waals surface area contributed by atoms with Gasteiger partial charge in [-0.15, -0.1) is 0 Å². The number of benzene rings is 1. The van der Waals surface area contributed by atoms with Crippen LogP contribution in [-0.4, -0.2) is 41.2 Å². The van der Waals surface area contributed by atoms with Crippen LogP contribution in [0.15, 0.2) is 23.2 Å². The monoisotopic (exact) mass is 313 g/mol. The van der Waals surface area contributed by atoms with Crippen LogP contribution < -0.4 is 5.32 Å². The maximum Gasteiger partial charge on any atom is 0.254 e. The van der Waals surface area contributed by atoms with Gasteiger partial charge in [-0.25, -0.2) is 0 Å². The van der Waals surface area contributed by atoms with Gasteiger partial charge in [-0.1, -0.05) is 12.1 Å². The Labute approximate surface area is 134 Å². The summed E-state index contributed by atoms with van der Waals surface area (Å²) in [5, 5.41) is 2.78. The van der Waals surface area contributed by atoms with Crippen molar-refractivity contribution in [2.75, 3.05) is 13.1 Å². The van der Waals surface area contributed by atoms with E-state index in [1.54, 1.807) is 6.92 Å². The van der Waals surface area contributed by atoms with Gasteiger partial charge in [-0.3, -0.25) is 14.6 Å². The highest BCUT2D eigenvalue weighted by Crippen LogP contribution is 2.31. The van der Waals surface area contributed by atoms with E-state index in [1.807, 2.05) is 23.1 Å². The van der Waals surface area contributed by atoms with Gasteiger partial charge in [0.25, 0.3) is 11.8 Å². The second kappa shape index (κ2) is 5.16. The van der Waals surface area contributed by atoms with Crippen LogP contribution in [-0.2, 0) is 22.7 Å². The minimum absolute atomic E-state index is 0.0290. The van der Waals surface area contributed by atoms with Crippen molar-refractivity contribution in [2.24, 2.45) is 4.99 Å². The van der Waals surface area contributed by atoms with Crippen molar-refractivity contribution in [1.29, 1.82) is 0 Å². The van der Waals surface area contributed by atoms with Gasteiger partial charge < -0.3 is 15.0 Å². The first-order valence-corrected chi connectivity index (χ1v) is 7.95. The molecule has 4 rings (SSSR count). The van der Waals surface area contributed by atoms with Crippen LogP contribution in [0.1, 0.15) is 41.3 Å². The molecule has 1 fully saturated rings. The fraction of sp³-hybridized carbons (Fsp3) is 0.471. The summed E-state index contributed by atoms with van der Waals surface area (Å²) >= 11 is 0. The number of hydrogen-bond donors (Lipinski definition) is 1. The predicted molar refractivity (Wildman–Crippen MR) is 84.1 cm³/mol. The zero-order valence-corrected chi connectivity index (χ0v) is 13.1. The summed E-state index contributed by atoms with van der Waals surface area (Å²) < 4.78 is 5.45. The highest BCUT2D eigenvalue weighted by molar-refractivity contribution is 6.07. The lowest BCUT2D eigenvalue weighted by atomic mass is 9.87. The second-order valence-corrected chi connectivity index (χ2v) is 6.41. The van der Waals surface area contributed by atoms with E-state index in [2.05, 4.69) is 10.3 Å². The maximum absolute atomic E-state index is 12.8. The van der Waals surface area contributed by atoms with Crippen LogP contribution in [0, 0.1) is 0 Å². The molecule has 0 radical (unpaired) electrons. The number of aliphatic imine (C=N–C) groups is 1. The molecule has 0 unspecified atom stereocenters. The summed E-state index contributed by atoms with van der Waals surface area (Å²) in [6.45, 7) is 3.98. The molecule has 0 aliphatic carbocycles. The number of amidine groups is 1. The number of fused-ring (bicyclic) bond motifs is 1. The predicted octanol–water partition coefficient (Wildman–Crippen LogP) is 1.24. The van der Waals surface area contributed by atoms with Crippen molar-refractivity contribution < 1.29 is 14.3 Å². The highest BCUT2D eigenvalue weighted by atomic mass is 16.5. The molecule has 0 bridgehead atoms. The minimum Gasteiger partial charge on any atom is -0.372 e. The topological polar surface area (TPSA) is 71.0 Å². The first kappa shape index (κ1) is 14.4. The summed E-state index contributed by atoms with van der Waals surface area (Å²) in [5.74, 6) is 0.671. The molecule has 120 valence electrons. The molecule has 2 amide bonds. The number of piperidine rings is 1. The van der Waals surface area contributed by atoms with Gasteiger partial charge in [0.05, 0.1) is 13.2 Å². The zero-order valence-electron chi connectivity index (χ0n) is 13.1. The summed E-state index contributed by atoms with van der Waals surface area (Å²) in [6, 6.07) is 5.78. The molecule has 1 spiro atoms. The first-order valence-electron chi connectivity index (χ1n) is 7.95. The first-order chi connectivity index (χ1) is 11.1. The number of carbonyl (C=O) groups excluding carboxylic acids is 2. The fourth-order valence-corrected chi connectivity index (χ4v) is 3.67. The smallest absolute Gasteiger partial charge is 0.254 e. The Kier molecular flexibility index (Phi) is 3.23. The third-order valence-corrected chi connectivity index (χ3v) is 4.98. The van der Waals surface area contributed by atoms with Crippen LogP contribution in [0.4, 0.5) is 0 Å². The number of rotatable bonds is 1. The van der Waals surface area contributed by atoms with E-state index in [-0.39, 0.29) is 11.8 Å². The Morgan fingerprint density at radius 1 is 1.30 bits per heavy atom. The maximum atomic E-state index is 12.8. The standard InChI is InChI=1S/C17H19N3O3/c1-11-18-16(22)17(19-11)5-7-20(8-6-17)15(21)13-4-2-3-12-9-23-10-14(12)13/h2-4H,5-10H2,1H3,(H,18,19,22). The van der Waals surface area contributed by atoms with Crippen molar-refractivity contribution >= 4 is 17.6 Å². The van der Waals surface area contributed by atoms with E-state index < -0.39 is 5.54 Å². The van der Waals surface area contributed by atoms with Gasteiger partial charge in [0.15, 0.2) is 0 Å². The van der Waals surface area contributed by atoms with Crippen molar-refractivity contribution in [2.45, 2.75) is 38.5 Å². The number of likely N-dealkylation sites (tertiary alicyclic amines) is 1. The number of nitrogens with one attached hydrogen (secondary N) is 1. The Bertz CT molecular complexity index is 718. The van der Waals surface area contributed by atoms with E-state index >= 15 is 0 Å². The van der Waals surface area contributed by atoms with E-state index in [9.17, 15) is 9.59 Å². The van der Waals surface area contributed by atoms with Crippen molar-refractivity contribution in [3.63, 3.8) is 0 Å². The zero-order chi connectivity index (χ0) is 16.0. The van der Waals surface area contributed by atoms with Gasteiger partial charge in [0.2, 0.25) is 0 Å². The number of ether oxygens (including phenoxy) is 1. The van der Waals surface area contributed by atoms with Gasteiger partial charge in [0, 0.05) is 18.7 Å². The quantitative estimate of drug-likeness (QED) is 0.848. The molecule has 3 heterocycles. The highest BCUT2D eigenvalue weighted by Gasteiger charge is 2.45. The molecular weight excluding hydrogens is 294 g/mol. The molecule has 3 aliphatic heterocycles. The third kappa shape index (κ3) is 2.25. The Morgan fingerprint density at radius 2 is 2.09 bits per heavy atom. The lowest BCUT2D eigenvalue weighted by molar-refractivity contribution is -0.125. The average Bonchev–Trinajstić information content (AvgIpc) is 3.12. The van der Waals surface area contributed by atoms with Crippen LogP contribution in [0.3, 0.4) is 0 Å². The number of nitrogens with zero attached hydrogens (tertiary/aromatic N) is 2. The lowest BCUT2D eigenvalue weighted by Gasteiger charge is -2.35. The van der Waals surface area contributed by atoms with E-state index in [0.29, 0.717) is 45.0 Å². The molecule has 3 aliphatic rings.